The molecule has 0 spiro atoms. The van der Waals surface area contributed by atoms with Crippen molar-refractivity contribution in [3.63, 3.8) is 0 Å². The Bertz CT molecular complexity index is 544. The van der Waals surface area contributed by atoms with Crippen LogP contribution in [0.3, 0.4) is 0 Å². The van der Waals surface area contributed by atoms with E-state index < -0.39 is 0 Å². The molecule has 0 saturated carbocycles. The first kappa shape index (κ1) is 13.7. The second-order valence-corrected chi connectivity index (χ2v) is 4.78. The number of H-pyrrole nitrogens is 1. The lowest BCUT2D eigenvalue weighted by molar-refractivity contribution is -0.143. The molecule has 0 aliphatic carbocycles. The van der Waals surface area contributed by atoms with E-state index in [4.69, 9.17) is 4.74 Å². The molecule has 0 aliphatic rings. The Morgan fingerprint density at radius 3 is 2.84 bits per heavy atom. The highest BCUT2D eigenvalue weighted by Crippen LogP contribution is 2.31. The van der Waals surface area contributed by atoms with Crippen molar-refractivity contribution in [2.75, 3.05) is 6.61 Å². The molecule has 1 unspecified atom stereocenters. The summed E-state index contributed by atoms with van der Waals surface area (Å²) in [4.78, 5) is 15.0. The zero-order valence-electron chi connectivity index (χ0n) is 11.6. The van der Waals surface area contributed by atoms with Crippen molar-refractivity contribution in [3.8, 4) is 0 Å². The number of aromatic amines is 1. The second-order valence-electron chi connectivity index (χ2n) is 4.78. The van der Waals surface area contributed by atoms with E-state index in [1.165, 1.54) is 10.9 Å². The van der Waals surface area contributed by atoms with Crippen LogP contribution in [0.4, 0.5) is 0 Å². The van der Waals surface area contributed by atoms with Gasteiger partial charge in [-0.05, 0) is 30.9 Å². The number of aromatic nitrogens is 1. The maximum atomic E-state index is 11.7. The third-order valence-corrected chi connectivity index (χ3v) is 3.42. The van der Waals surface area contributed by atoms with E-state index >= 15 is 0 Å². The van der Waals surface area contributed by atoms with Gasteiger partial charge in [-0.15, -0.1) is 0 Å². The number of ether oxygens (including phenoxy) is 1. The Balaban J connectivity index is 2.25. The summed E-state index contributed by atoms with van der Waals surface area (Å²) in [6.07, 6.45) is 4.55. The monoisotopic (exact) mass is 259 g/mol. The standard InChI is InChI=1S/C16H21NO2/c1-3-7-12(10-16(18)19-4-2)14-11-17-15-9-6-5-8-13(14)15/h5-6,8-9,11-12,17H,3-4,7,10H2,1-2H3. The first-order valence-corrected chi connectivity index (χ1v) is 6.97. The van der Waals surface area contributed by atoms with Crippen LogP contribution in [0.5, 0.6) is 0 Å². The van der Waals surface area contributed by atoms with E-state index in [0.717, 1.165) is 18.4 Å². The number of benzene rings is 1. The molecule has 0 bridgehead atoms. The van der Waals surface area contributed by atoms with E-state index in [2.05, 4.69) is 24.0 Å². The Morgan fingerprint density at radius 2 is 2.11 bits per heavy atom. The molecular formula is C16H21NO2. The smallest absolute Gasteiger partial charge is 0.306 e. The van der Waals surface area contributed by atoms with Gasteiger partial charge in [-0.2, -0.15) is 0 Å². The molecule has 3 nitrogen and oxygen atoms in total. The molecule has 19 heavy (non-hydrogen) atoms. The third kappa shape index (κ3) is 3.16. The summed E-state index contributed by atoms with van der Waals surface area (Å²) in [6, 6.07) is 8.22. The fourth-order valence-electron chi connectivity index (χ4n) is 2.57. The molecule has 1 aromatic heterocycles. The van der Waals surface area contributed by atoms with E-state index in [1.807, 2.05) is 25.3 Å². The van der Waals surface area contributed by atoms with Crippen molar-refractivity contribution in [1.29, 1.82) is 0 Å². The molecule has 0 radical (unpaired) electrons. The highest BCUT2D eigenvalue weighted by Gasteiger charge is 2.19. The number of nitrogens with one attached hydrogen (secondary N) is 1. The van der Waals surface area contributed by atoms with Crippen LogP contribution in [0, 0.1) is 0 Å². The second kappa shape index (κ2) is 6.41. The van der Waals surface area contributed by atoms with Crippen molar-refractivity contribution < 1.29 is 9.53 Å². The summed E-state index contributed by atoms with van der Waals surface area (Å²) < 4.78 is 5.08. The van der Waals surface area contributed by atoms with E-state index in [0.29, 0.717) is 13.0 Å². The maximum absolute atomic E-state index is 11.7. The number of hydrogen-bond donors (Lipinski definition) is 1. The van der Waals surface area contributed by atoms with E-state index in [9.17, 15) is 4.79 Å². The van der Waals surface area contributed by atoms with Crippen LogP contribution >= 0.6 is 0 Å². The largest absolute Gasteiger partial charge is 0.466 e. The predicted molar refractivity (Wildman–Crippen MR) is 77.2 cm³/mol. The molecule has 1 aromatic carbocycles. The average molecular weight is 259 g/mol. The molecule has 0 amide bonds. The minimum absolute atomic E-state index is 0.105. The summed E-state index contributed by atoms with van der Waals surface area (Å²) in [5, 5.41) is 1.21. The number of hydrogen-bond acceptors (Lipinski definition) is 2. The summed E-state index contributed by atoms with van der Waals surface area (Å²) in [6.45, 7) is 4.44. The highest BCUT2D eigenvalue weighted by atomic mass is 16.5. The molecule has 102 valence electrons. The average Bonchev–Trinajstić information content (AvgIpc) is 2.82. The Morgan fingerprint density at radius 1 is 1.32 bits per heavy atom. The summed E-state index contributed by atoms with van der Waals surface area (Å²) in [5.41, 5.74) is 2.35. The number of rotatable bonds is 6. The summed E-state index contributed by atoms with van der Waals surface area (Å²) in [7, 11) is 0. The van der Waals surface area contributed by atoms with Gasteiger partial charge >= 0.3 is 5.97 Å². The Hall–Kier alpha value is -1.77. The number of carbonyl (C=O) groups is 1. The van der Waals surface area contributed by atoms with Crippen molar-refractivity contribution in [3.05, 3.63) is 36.0 Å². The number of esters is 1. The minimum atomic E-state index is -0.105. The van der Waals surface area contributed by atoms with Crippen LogP contribution < -0.4 is 0 Å². The topological polar surface area (TPSA) is 42.1 Å². The van der Waals surface area contributed by atoms with Crippen LogP contribution in [0.15, 0.2) is 30.5 Å². The lowest BCUT2D eigenvalue weighted by Gasteiger charge is -2.14. The van der Waals surface area contributed by atoms with E-state index in [-0.39, 0.29) is 11.9 Å². The van der Waals surface area contributed by atoms with Crippen molar-refractivity contribution >= 4 is 16.9 Å². The zero-order chi connectivity index (χ0) is 13.7. The Labute approximate surface area is 114 Å². The summed E-state index contributed by atoms with van der Waals surface area (Å²) >= 11 is 0. The first-order valence-electron chi connectivity index (χ1n) is 6.97. The van der Waals surface area contributed by atoms with Crippen molar-refractivity contribution in [2.45, 2.75) is 39.0 Å². The lowest BCUT2D eigenvalue weighted by atomic mass is 9.91. The van der Waals surface area contributed by atoms with Gasteiger partial charge in [0.2, 0.25) is 0 Å². The fraction of sp³-hybridized carbons (Fsp3) is 0.438. The van der Waals surface area contributed by atoms with Gasteiger partial charge in [-0.25, -0.2) is 0 Å². The zero-order valence-corrected chi connectivity index (χ0v) is 11.6. The molecule has 1 N–H and O–H groups in total. The third-order valence-electron chi connectivity index (χ3n) is 3.42. The lowest BCUT2D eigenvalue weighted by Crippen LogP contribution is -2.10. The van der Waals surface area contributed by atoms with Crippen LogP contribution in [0.2, 0.25) is 0 Å². The van der Waals surface area contributed by atoms with Gasteiger partial charge in [0.15, 0.2) is 0 Å². The highest BCUT2D eigenvalue weighted by molar-refractivity contribution is 5.84. The molecule has 0 saturated heterocycles. The Kier molecular flexibility index (Phi) is 4.61. The van der Waals surface area contributed by atoms with Gasteiger partial charge in [0.05, 0.1) is 13.0 Å². The number of para-hydroxylation sites is 1. The molecule has 0 fully saturated rings. The normalized spacial score (nSPS) is 12.5. The molecule has 2 rings (SSSR count). The molecule has 2 aromatic rings. The van der Waals surface area contributed by atoms with Gasteiger partial charge in [0, 0.05) is 17.1 Å². The van der Waals surface area contributed by atoms with Crippen molar-refractivity contribution in [2.24, 2.45) is 0 Å². The van der Waals surface area contributed by atoms with Crippen LogP contribution in [-0.4, -0.2) is 17.6 Å². The van der Waals surface area contributed by atoms with Gasteiger partial charge in [0.25, 0.3) is 0 Å². The molecule has 1 atom stereocenters. The van der Waals surface area contributed by atoms with Crippen LogP contribution in [-0.2, 0) is 9.53 Å². The van der Waals surface area contributed by atoms with E-state index in [1.54, 1.807) is 0 Å². The molecule has 3 heteroatoms. The molecule has 1 heterocycles. The minimum Gasteiger partial charge on any atom is -0.466 e. The number of fused-ring (bicyclic) bond motifs is 1. The predicted octanol–water partition coefficient (Wildman–Crippen LogP) is 4.00. The van der Waals surface area contributed by atoms with Gasteiger partial charge in [-0.3, -0.25) is 4.79 Å². The quantitative estimate of drug-likeness (QED) is 0.796. The fourth-order valence-corrected chi connectivity index (χ4v) is 2.57. The van der Waals surface area contributed by atoms with Crippen LogP contribution in [0.1, 0.15) is 44.6 Å². The maximum Gasteiger partial charge on any atom is 0.306 e. The number of carbonyl (C=O) groups excluding carboxylic acids is 1. The summed E-state index contributed by atoms with van der Waals surface area (Å²) in [5.74, 6) is 0.131. The van der Waals surface area contributed by atoms with Gasteiger partial charge in [-0.1, -0.05) is 31.5 Å². The van der Waals surface area contributed by atoms with Gasteiger partial charge in [0.1, 0.15) is 0 Å². The molecular weight excluding hydrogens is 238 g/mol. The molecule has 0 aliphatic heterocycles. The first-order chi connectivity index (χ1) is 9.26. The van der Waals surface area contributed by atoms with Gasteiger partial charge < -0.3 is 9.72 Å². The van der Waals surface area contributed by atoms with Crippen molar-refractivity contribution in [1.82, 2.24) is 4.98 Å². The van der Waals surface area contributed by atoms with Crippen LogP contribution in [0.25, 0.3) is 10.9 Å². The SMILES string of the molecule is CCCC(CC(=O)OCC)c1c[nH]c2ccccc12.